The molecule has 0 unspecified atom stereocenters. The van der Waals surface area contributed by atoms with Crippen LogP contribution in [0.3, 0.4) is 0 Å². The first-order chi connectivity index (χ1) is 11.9. The highest BCUT2D eigenvalue weighted by Gasteiger charge is 2.22. The van der Waals surface area contributed by atoms with Crippen LogP contribution in [-0.2, 0) is 14.3 Å². The topological polar surface area (TPSA) is 66.9 Å². The first-order valence-corrected chi connectivity index (χ1v) is 8.66. The van der Waals surface area contributed by atoms with Gasteiger partial charge in [0.15, 0.2) is 0 Å². The Morgan fingerprint density at radius 2 is 1.92 bits per heavy atom. The van der Waals surface area contributed by atoms with Crippen molar-refractivity contribution in [3.05, 3.63) is 29.8 Å². The van der Waals surface area contributed by atoms with Gasteiger partial charge in [-0.25, -0.2) is 4.79 Å². The normalized spacial score (nSPS) is 14.9. The maximum absolute atomic E-state index is 12.4. The standard InChI is InChI=1S/C19H26N2O4/c1-14-7-10-20(11-8-14)18(23)9-12-21(15(2)22)17-6-4-5-16(13-17)19(24)25-3/h4-6,13-14H,7-12H2,1-3H3. The Hall–Kier alpha value is -2.37. The summed E-state index contributed by atoms with van der Waals surface area (Å²) in [5.74, 6) is 0.118. The number of anilines is 1. The zero-order chi connectivity index (χ0) is 18.4. The molecule has 0 aliphatic carbocycles. The van der Waals surface area contributed by atoms with Crippen LogP contribution in [0.2, 0.25) is 0 Å². The van der Waals surface area contributed by atoms with Crippen molar-refractivity contribution in [2.45, 2.75) is 33.1 Å². The molecule has 1 aromatic rings. The van der Waals surface area contributed by atoms with Gasteiger partial charge in [0.1, 0.15) is 0 Å². The van der Waals surface area contributed by atoms with Crippen molar-refractivity contribution >= 4 is 23.5 Å². The molecular weight excluding hydrogens is 320 g/mol. The van der Waals surface area contributed by atoms with Crippen LogP contribution in [-0.4, -0.2) is 49.4 Å². The molecule has 1 saturated heterocycles. The second-order valence-electron chi connectivity index (χ2n) is 6.53. The van der Waals surface area contributed by atoms with E-state index in [9.17, 15) is 14.4 Å². The van der Waals surface area contributed by atoms with E-state index in [1.165, 1.54) is 18.9 Å². The maximum atomic E-state index is 12.4. The molecule has 2 rings (SSSR count). The molecule has 1 aliphatic rings. The van der Waals surface area contributed by atoms with Crippen LogP contribution in [0.15, 0.2) is 24.3 Å². The Bertz CT molecular complexity index is 636. The summed E-state index contributed by atoms with van der Waals surface area (Å²) in [6.07, 6.45) is 2.34. The number of nitrogens with zero attached hydrogens (tertiary/aromatic N) is 2. The van der Waals surface area contributed by atoms with Crippen molar-refractivity contribution in [1.82, 2.24) is 4.90 Å². The lowest BCUT2D eigenvalue weighted by atomic mass is 9.99. The summed E-state index contributed by atoms with van der Waals surface area (Å²) in [5.41, 5.74) is 0.970. The van der Waals surface area contributed by atoms with Gasteiger partial charge in [0, 0.05) is 38.7 Å². The van der Waals surface area contributed by atoms with Crippen molar-refractivity contribution in [2.24, 2.45) is 5.92 Å². The third-order valence-electron chi connectivity index (χ3n) is 4.64. The number of rotatable bonds is 5. The van der Waals surface area contributed by atoms with Gasteiger partial charge in [0.25, 0.3) is 0 Å². The molecule has 0 radical (unpaired) electrons. The minimum atomic E-state index is -0.455. The largest absolute Gasteiger partial charge is 0.465 e. The molecule has 0 atom stereocenters. The summed E-state index contributed by atoms with van der Waals surface area (Å²) in [7, 11) is 1.32. The maximum Gasteiger partial charge on any atom is 0.337 e. The van der Waals surface area contributed by atoms with Crippen LogP contribution < -0.4 is 4.90 Å². The van der Waals surface area contributed by atoms with Crippen molar-refractivity contribution in [2.75, 3.05) is 31.6 Å². The Morgan fingerprint density at radius 3 is 2.52 bits per heavy atom. The molecule has 0 aromatic heterocycles. The number of ether oxygens (including phenoxy) is 1. The summed E-state index contributed by atoms with van der Waals surface area (Å²) in [5, 5.41) is 0. The van der Waals surface area contributed by atoms with Gasteiger partial charge in [-0.2, -0.15) is 0 Å². The van der Waals surface area contributed by atoms with Crippen LogP contribution in [0, 0.1) is 5.92 Å². The number of esters is 1. The first kappa shape index (κ1) is 19.0. The SMILES string of the molecule is COC(=O)c1cccc(N(CCC(=O)N2CCC(C)CC2)C(C)=O)c1. The molecule has 0 bridgehead atoms. The third kappa shape index (κ3) is 5.05. The van der Waals surface area contributed by atoms with Crippen molar-refractivity contribution in [3.63, 3.8) is 0 Å². The highest BCUT2D eigenvalue weighted by Crippen LogP contribution is 2.19. The van der Waals surface area contributed by atoms with Crippen molar-refractivity contribution in [1.29, 1.82) is 0 Å². The van der Waals surface area contributed by atoms with Gasteiger partial charge in [0.05, 0.1) is 12.7 Å². The zero-order valence-electron chi connectivity index (χ0n) is 15.2. The van der Waals surface area contributed by atoms with Gasteiger partial charge < -0.3 is 14.5 Å². The number of carbonyl (C=O) groups is 3. The molecule has 6 heteroatoms. The smallest absolute Gasteiger partial charge is 0.337 e. The first-order valence-electron chi connectivity index (χ1n) is 8.66. The molecule has 2 amide bonds. The fourth-order valence-electron chi connectivity index (χ4n) is 3.01. The second kappa shape index (κ2) is 8.65. The lowest BCUT2D eigenvalue weighted by Gasteiger charge is -2.31. The molecule has 136 valence electrons. The number of hydrogen-bond donors (Lipinski definition) is 0. The van der Waals surface area contributed by atoms with Crippen LogP contribution >= 0.6 is 0 Å². The Labute approximate surface area is 148 Å². The molecule has 0 saturated carbocycles. The van der Waals surface area contributed by atoms with E-state index in [-0.39, 0.29) is 18.2 Å². The van der Waals surface area contributed by atoms with Gasteiger partial charge in [-0.05, 0) is 37.0 Å². The number of benzene rings is 1. The molecule has 1 aromatic carbocycles. The van der Waals surface area contributed by atoms with Crippen LogP contribution in [0.1, 0.15) is 43.5 Å². The van der Waals surface area contributed by atoms with E-state index in [1.54, 1.807) is 24.3 Å². The summed E-state index contributed by atoms with van der Waals surface area (Å²) in [6, 6.07) is 6.69. The second-order valence-corrected chi connectivity index (χ2v) is 6.53. The number of piperidine rings is 1. The average Bonchev–Trinajstić information content (AvgIpc) is 2.61. The predicted molar refractivity (Wildman–Crippen MR) is 95.4 cm³/mol. The van der Waals surface area contributed by atoms with E-state index in [1.807, 2.05) is 4.90 Å². The Kier molecular flexibility index (Phi) is 6.56. The summed E-state index contributed by atoms with van der Waals surface area (Å²) in [6.45, 7) is 5.53. The lowest BCUT2D eigenvalue weighted by molar-refractivity contribution is -0.132. The summed E-state index contributed by atoms with van der Waals surface area (Å²) in [4.78, 5) is 39.5. The number of methoxy groups -OCH3 is 1. The number of carbonyl (C=O) groups excluding carboxylic acids is 3. The zero-order valence-corrected chi connectivity index (χ0v) is 15.2. The number of amides is 2. The molecule has 1 heterocycles. The molecule has 0 spiro atoms. The fraction of sp³-hybridized carbons (Fsp3) is 0.526. The van der Waals surface area contributed by atoms with Crippen molar-refractivity contribution < 1.29 is 19.1 Å². The van der Waals surface area contributed by atoms with Gasteiger partial charge >= 0.3 is 5.97 Å². The van der Waals surface area contributed by atoms with Crippen LogP contribution in [0.25, 0.3) is 0 Å². The Balaban J connectivity index is 2.03. The molecular formula is C19H26N2O4. The van der Waals surface area contributed by atoms with E-state index in [0.29, 0.717) is 23.7 Å². The fourth-order valence-corrected chi connectivity index (χ4v) is 3.01. The third-order valence-corrected chi connectivity index (χ3v) is 4.64. The molecule has 0 N–H and O–H groups in total. The molecule has 1 fully saturated rings. The molecule has 25 heavy (non-hydrogen) atoms. The quantitative estimate of drug-likeness (QED) is 0.768. The van der Waals surface area contributed by atoms with E-state index in [2.05, 4.69) is 6.92 Å². The van der Waals surface area contributed by atoms with E-state index in [4.69, 9.17) is 4.74 Å². The van der Waals surface area contributed by atoms with Gasteiger partial charge in [0.2, 0.25) is 11.8 Å². The lowest BCUT2D eigenvalue weighted by Crippen LogP contribution is -2.40. The minimum absolute atomic E-state index is 0.0715. The number of likely N-dealkylation sites (tertiary alicyclic amines) is 1. The summed E-state index contributed by atoms with van der Waals surface area (Å²) < 4.78 is 4.71. The molecule has 6 nitrogen and oxygen atoms in total. The highest BCUT2D eigenvalue weighted by atomic mass is 16.5. The van der Waals surface area contributed by atoms with Gasteiger partial charge in [-0.3, -0.25) is 9.59 Å². The van der Waals surface area contributed by atoms with E-state index in [0.717, 1.165) is 25.9 Å². The highest BCUT2D eigenvalue weighted by molar-refractivity contribution is 5.95. The number of hydrogen-bond acceptors (Lipinski definition) is 4. The van der Waals surface area contributed by atoms with Gasteiger partial charge in [-0.15, -0.1) is 0 Å². The average molecular weight is 346 g/mol. The monoisotopic (exact) mass is 346 g/mol. The van der Waals surface area contributed by atoms with E-state index >= 15 is 0 Å². The summed E-state index contributed by atoms with van der Waals surface area (Å²) >= 11 is 0. The predicted octanol–water partition coefficient (Wildman–Crippen LogP) is 2.47. The Morgan fingerprint density at radius 1 is 1.24 bits per heavy atom. The molecule has 1 aliphatic heterocycles. The van der Waals surface area contributed by atoms with Crippen molar-refractivity contribution in [3.8, 4) is 0 Å². The van der Waals surface area contributed by atoms with Crippen LogP contribution in [0.4, 0.5) is 5.69 Å². The van der Waals surface area contributed by atoms with Gasteiger partial charge in [-0.1, -0.05) is 13.0 Å². The minimum Gasteiger partial charge on any atom is -0.465 e. The van der Waals surface area contributed by atoms with Crippen LogP contribution in [0.5, 0.6) is 0 Å². The van der Waals surface area contributed by atoms with E-state index < -0.39 is 5.97 Å².